The van der Waals surface area contributed by atoms with Crippen molar-refractivity contribution in [1.82, 2.24) is 0 Å². The number of ether oxygens (including phenoxy) is 1. The van der Waals surface area contributed by atoms with E-state index in [9.17, 15) is 18.0 Å². The summed E-state index contributed by atoms with van der Waals surface area (Å²) in [7, 11) is 0. The zero-order valence-corrected chi connectivity index (χ0v) is 7.61. The summed E-state index contributed by atoms with van der Waals surface area (Å²) in [4.78, 5) is 10.3. The van der Waals surface area contributed by atoms with Crippen molar-refractivity contribution in [2.45, 2.75) is 26.9 Å². The number of hydrogen-bond acceptors (Lipinski definition) is 2. The van der Waals surface area contributed by atoms with E-state index < -0.39 is 17.9 Å². The summed E-state index contributed by atoms with van der Waals surface area (Å²) >= 11 is 0. The minimum atomic E-state index is -4.60. The van der Waals surface area contributed by atoms with Crippen molar-refractivity contribution in [3.63, 3.8) is 0 Å². The van der Waals surface area contributed by atoms with Crippen LogP contribution in [0.1, 0.15) is 20.8 Å². The van der Waals surface area contributed by atoms with Crippen LogP contribution in [0.15, 0.2) is 11.8 Å². The molecule has 0 saturated carbocycles. The first-order chi connectivity index (χ1) is 5.73. The predicted molar refractivity (Wildman–Crippen MR) is 40.7 cm³/mol. The smallest absolute Gasteiger partial charge is 0.422 e. The number of carbonyl (C=O) groups excluding carboxylic acids is 1. The van der Waals surface area contributed by atoms with E-state index in [1.165, 1.54) is 0 Å². The summed E-state index contributed by atoms with van der Waals surface area (Å²) in [5, 5.41) is 0. The minimum Gasteiger partial charge on any atom is -0.422 e. The fraction of sp³-hybridized carbons (Fsp3) is 0.625. The molecule has 0 spiro atoms. The zero-order valence-electron chi connectivity index (χ0n) is 7.61. The zero-order chi connectivity index (χ0) is 10.6. The van der Waals surface area contributed by atoms with Crippen molar-refractivity contribution in [2.75, 3.05) is 0 Å². The third kappa shape index (κ3) is 5.27. The number of alkyl halides is 3. The van der Waals surface area contributed by atoms with Crippen LogP contribution in [0.25, 0.3) is 0 Å². The lowest BCUT2D eigenvalue weighted by Gasteiger charge is -2.11. The summed E-state index contributed by atoms with van der Waals surface area (Å²) in [6.07, 6.45) is -3.74. The Morgan fingerprint density at radius 3 is 2.08 bits per heavy atom. The van der Waals surface area contributed by atoms with Crippen LogP contribution in [-0.4, -0.2) is 12.1 Å². The average Bonchev–Trinajstić information content (AvgIpc) is 1.81. The first kappa shape index (κ1) is 12.0. The fourth-order valence-corrected chi connectivity index (χ4v) is 0.644. The molecule has 0 aromatic heterocycles. The number of hydrogen-bond donors (Lipinski definition) is 0. The molecule has 0 aromatic rings. The van der Waals surface area contributed by atoms with Crippen LogP contribution >= 0.6 is 0 Å². The van der Waals surface area contributed by atoms with Gasteiger partial charge >= 0.3 is 12.1 Å². The molecule has 0 unspecified atom stereocenters. The van der Waals surface area contributed by atoms with Crippen LogP contribution in [0.5, 0.6) is 0 Å². The molecule has 76 valence electrons. The summed E-state index contributed by atoms with van der Waals surface area (Å²) in [6.45, 7) is 4.06. The first-order valence-corrected chi connectivity index (χ1v) is 3.71. The van der Waals surface area contributed by atoms with Crippen LogP contribution in [0.3, 0.4) is 0 Å². The Balaban J connectivity index is 4.66. The van der Waals surface area contributed by atoms with Crippen molar-refractivity contribution in [3.8, 4) is 0 Å². The molecule has 0 fully saturated rings. The van der Waals surface area contributed by atoms with Crippen LogP contribution in [0, 0.1) is 5.92 Å². The molecule has 0 rings (SSSR count). The number of esters is 1. The molecule has 0 radical (unpaired) electrons. The minimum absolute atomic E-state index is 0.323. The van der Waals surface area contributed by atoms with E-state index in [1.807, 2.05) is 0 Å². The summed E-state index contributed by atoms with van der Waals surface area (Å²) < 4.78 is 40.3. The molecule has 0 aliphatic carbocycles. The standard InChI is InChI=1S/C8H11F3O2/c1-5(2)4-7(8(9,10)11)13-6(3)12/h4-5H,1-3H3. The quantitative estimate of drug-likeness (QED) is 0.501. The second-order valence-electron chi connectivity index (χ2n) is 2.87. The Morgan fingerprint density at radius 2 is 1.85 bits per heavy atom. The van der Waals surface area contributed by atoms with Crippen molar-refractivity contribution >= 4 is 5.97 Å². The molecule has 0 aliphatic rings. The molecule has 0 saturated heterocycles. The second kappa shape index (κ2) is 4.30. The highest BCUT2D eigenvalue weighted by molar-refractivity contribution is 5.67. The highest BCUT2D eigenvalue weighted by Gasteiger charge is 2.36. The van der Waals surface area contributed by atoms with E-state index in [-0.39, 0.29) is 5.92 Å². The van der Waals surface area contributed by atoms with Gasteiger partial charge in [0.15, 0.2) is 0 Å². The van der Waals surface area contributed by atoms with Crippen molar-refractivity contribution in [2.24, 2.45) is 5.92 Å². The van der Waals surface area contributed by atoms with E-state index in [0.717, 1.165) is 13.0 Å². The molecule has 0 amide bonds. The predicted octanol–water partition coefficient (Wildman–Crippen LogP) is 2.65. The normalized spacial score (nSPS) is 13.3. The van der Waals surface area contributed by atoms with Gasteiger partial charge in [0.25, 0.3) is 0 Å². The maximum atomic E-state index is 12.1. The molecule has 0 aliphatic heterocycles. The molecular formula is C8H11F3O2. The van der Waals surface area contributed by atoms with Crippen LogP contribution in [-0.2, 0) is 9.53 Å². The summed E-state index contributed by atoms with van der Waals surface area (Å²) in [5.41, 5.74) is 0. The van der Waals surface area contributed by atoms with Gasteiger partial charge in [-0.05, 0) is 12.0 Å². The molecule has 0 bridgehead atoms. The van der Waals surface area contributed by atoms with Gasteiger partial charge in [0.1, 0.15) is 0 Å². The SMILES string of the molecule is CC(=O)OC(=CC(C)C)C(F)(F)F. The Kier molecular flexibility index (Phi) is 3.97. The Labute approximate surface area is 74.4 Å². The molecule has 13 heavy (non-hydrogen) atoms. The van der Waals surface area contributed by atoms with Crippen LogP contribution in [0.2, 0.25) is 0 Å². The number of rotatable bonds is 2. The lowest BCUT2D eigenvalue weighted by Crippen LogP contribution is -2.17. The molecule has 0 heterocycles. The molecule has 2 nitrogen and oxygen atoms in total. The molecule has 0 N–H and O–H groups in total. The number of halogens is 3. The molecular weight excluding hydrogens is 185 g/mol. The maximum absolute atomic E-state index is 12.1. The average molecular weight is 196 g/mol. The monoisotopic (exact) mass is 196 g/mol. The van der Waals surface area contributed by atoms with Crippen molar-refractivity contribution in [1.29, 1.82) is 0 Å². The van der Waals surface area contributed by atoms with E-state index in [0.29, 0.717) is 0 Å². The Bertz CT molecular complexity index is 216. The first-order valence-electron chi connectivity index (χ1n) is 3.71. The lowest BCUT2D eigenvalue weighted by molar-refractivity contribution is -0.158. The lowest BCUT2D eigenvalue weighted by atomic mass is 10.2. The summed E-state index contributed by atoms with van der Waals surface area (Å²) in [6, 6.07) is 0. The highest BCUT2D eigenvalue weighted by Crippen LogP contribution is 2.27. The topological polar surface area (TPSA) is 26.3 Å². The van der Waals surface area contributed by atoms with Gasteiger partial charge in [-0.1, -0.05) is 13.8 Å². The molecule has 0 atom stereocenters. The van der Waals surface area contributed by atoms with Crippen LogP contribution < -0.4 is 0 Å². The maximum Gasteiger partial charge on any atom is 0.449 e. The van der Waals surface area contributed by atoms with Crippen molar-refractivity contribution < 1.29 is 22.7 Å². The number of carbonyl (C=O) groups is 1. The Morgan fingerprint density at radius 1 is 1.38 bits per heavy atom. The van der Waals surface area contributed by atoms with Gasteiger partial charge in [0.2, 0.25) is 5.76 Å². The van der Waals surface area contributed by atoms with E-state index in [2.05, 4.69) is 4.74 Å². The Hall–Kier alpha value is -1.00. The van der Waals surface area contributed by atoms with Crippen LogP contribution in [0.4, 0.5) is 13.2 Å². The number of allylic oxidation sites excluding steroid dienone is 2. The third-order valence-corrected chi connectivity index (χ3v) is 1.02. The van der Waals surface area contributed by atoms with Gasteiger partial charge < -0.3 is 4.74 Å². The fourth-order valence-electron chi connectivity index (χ4n) is 0.644. The van der Waals surface area contributed by atoms with Gasteiger partial charge in [-0.2, -0.15) is 13.2 Å². The van der Waals surface area contributed by atoms with Gasteiger partial charge in [0, 0.05) is 6.92 Å². The van der Waals surface area contributed by atoms with Crippen molar-refractivity contribution in [3.05, 3.63) is 11.8 Å². The van der Waals surface area contributed by atoms with Gasteiger partial charge in [-0.15, -0.1) is 0 Å². The van der Waals surface area contributed by atoms with Gasteiger partial charge in [-0.25, -0.2) is 0 Å². The van der Waals surface area contributed by atoms with Gasteiger partial charge in [-0.3, -0.25) is 4.79 Å². The van der Waals surface area contributed by atoms with E-state index in [4.69, 9.17) is 0 Å². The highest BCUT2D eigenvalue weighted by atomic mass is 19.4. The largest absolute Gasteiger partial charge is 0.449 e. The third-order valence-electron chi connectivity index (χ3n) is 1.02. The van der Waals surface area contributed by atoms with E-state index >= 15 is 0 Å². The summed E-state index contributed by atoms with van der Waals surface area (Å²) in [5.74, 6) is -2.53. The van der Waals surface area contributed by atoms with Gasteiger partial charge in [0.05, 0.1) is 0 Å². The second-order valence-corrected chi connectivity index (χ2v) is 2.87. The molecule has 5 heteroatoms. The van der Waals surface area contributed by atoms with E-state index in [1.54, 1.807) is 13.8 Å². The molecule has 0 aromatic carbocycles.